The first-order valence-electron chi connectivity index (χ1n) is 15.5. The second-order valence-corrected chi connectivity index (χ2v) is 11.4. The molecule has 17 heteroatoms. The molecule has 4 aromatic heterocycles. The SMILES string of the molecule is Cn1cccc1-c1ccc(C(=O)Nc2cc(CCCc3cc(NC(=O)c4ccc(-n5ccnc5)nn4)c(C(=O)O)cc3F)c(F)cc2C(=O)O)nn1. The summed E-state index contributed by atoms with van der Waals surface area (Å²) in [6.45, 7) is 0. The van der Waals surface area contributed by atoms with E-state index in [1.54, 1.807) is 16.8 Å². The van der Waals surface area contributed by atoms with Crippen LogP contribution in [0.4, 0.5) is 20.2 Å². The highest BCUT2D eigenvalue weighted by Crippen LogP contribution is 2.26. The van der Waals surface area contributed by atoms with Crippen molar-refractivity contribution < 1.29 is 38.2 Å². The predicted molar refractivity (Wildman–Crippen MR) is 180 cm³/mol. The van der Waals surface area contributed by atoms with Gasteiger partial charge in [-0.15, -0.1) is 20.4 Å². The number of benzene rings is 2. The Bertz CT molecular complexity index is 2310. The fourth-order valence-corrected chi connectivity index (χ4v) is 5.32. The van der Waals surface area contributed by atoms with Gasteiger partial charge in [0.2, 0.25) is 0 Å². The van der Waals surface area contributed by atoms with Gasteiger partial charge < -0.3 is 25.4 Å². The number of nitrogens with zero attached hydrogens (tertiary/aromatic N) is 7. The minimum Gasteiger partial charge on any atom is -0.478 e. The molecule has 0 saturated carbocycles. The number of carbonyl (C=O) groups is 4. The van der Waals surface area contributed by atoms with Crippen LogP contribution in [0.5, 0.6) is 0 Å². The van der Waals surface area contributed by atoms with Crippen molar-refractivity contribution in [1.29, 1.82) is 0 Å². The quantitative estimate of drug-likeness (QED) is 0.136. The van der Waals surface area contributed by atoms with Crippen molar-refractivity contribution in [1.82, 2.24) is 34.5 Å². The first-order chi connectivity index (χ1) is 25.0. The predicted octanol–water partition coefficient (Wildman–Crippen LogP) is 4.81. The molecule has 0 spiro atoms. The zero-order chi connectivity index (χ0) is 36.9. The molecule has 52 heavy (non-hydrogen) atoms. The molecule has 0 atom stereocenters. The van der Waals surface area contributed by atoms with Gasteiger partial charge in [-0.2, -0.15) is 0 Å². The summed E-state index contributed by atoms with van der Waals surface area (Å²) in [7, 11) is 1.82. The molecule has 0 fully saturated rings. The third-order valence-corrected chi connectivity index (χ3v) is 7.98. The van der Waals surface area contributed by atoms with E-state index in [1.807, 2.05) is 29.9 Å². The zero-order valence-corrected chi connectivity index (χ0v) is 27.1. The van der Waals surface area contributed by atoms with Gasteiger partial charge in [0.25, 0.3) is 11.8 Å². The topological polar surface area (TPSA) is 207 Å². The number of carboxylic acid groups (broad SMARTS) is 2. The van der Waals surface area contributed by atoms with Crippen molar-refractivity contribution in [3.63, 3.8) is 0 Å². The molecule has 262 valence electrons. The lowest BCUT2D eigenvalue weighted by Gasteiger charge is -2.13. The number of anilines is 2. The van der Waals surface area contributed by atoms with E-state index in [0.717, 1.165) is 17.8 Å². The maximum atomic E-state index is 15.1. The number of aryl methyl sites for hydroxylation is 3. The summed E-state index contributed by atoms with van der Waals surface area (Å²) in [4.78, 5) is 53.6. The average molecular weight is 708 g/mol. The Labute approximate surface area is 292 Å². The van der Waals surface area contributed by atoms with Gasteiger partial charge in [-0.25, -0.2) is 23.4 Å². The molecule has 4 heterocycles. The molecule has 0 unspecified atom stereocenters. The van der Waals surface area contributed by atoms with Crippen LogP contribution in [0.25, 0.3) is 17.2 Å². The number of aromatic nitrogens is 7. The molecule has 6 aromatic rings. The number of nitrogens with one attached hydrogen (secondary N) is 2. The Balaban J connectivity index is 1.16. The lowest BCUT2D eigenvalue weighted by atomic mass is 9.99. The minimum absolute atomic E-state index is 0.0234. The van der Waals surface area contributed by atoms with Gasteiger partial charge in [0.05, 0.1) is 28.2 Å². The van der Waals surface area contributed by atoms with Crippen LogP contribution in [-0.4, -0.2) is 68.5 Å². The van der Waals surface area contributed by atoms with Gasteiger partial charge in [0.1, 0.15) is 23.7 Å². The molecule has 2 amide bonds. The second-order valence-electron chi connectivity index (χ2n) is 11.4. The van der Waals surface area contributed by atoms with Crippen molar-refractivity contribution in [2.75, 3.05) is 10.6 Å². The number of rotatable bonds is 12. The van der Waals surface area contributed by atoms with E-state index in [9.17, 15) is 29.4 Å². The van der Waals surface area contributed by atoms with Gasteiger partial charge in [-0.1, -0.05) is 0 Å². The van der Waals surface area contributed by atoms with Crippen LogP contribution in [-0.2, 0) is 19.9 Å². The molecular weight excluding hydrogens is 680 g/mol. The van der Waals surface area contributed by atoms with E-state index in [4.69, 9.17) is 0 Å². The smallest absolute Gasteiger partial charge is 0.337 e. The first-order valence-corrected chi connectivity index (χ1v) is 15.5. The molecule has 0 radical (unpaired) electrons. The van der Waals surface area contributed by atoms with E-state index < -0.39 is 46.5 Å². The van der Waals surface area contributed by atoms with Crippen LogP contribution < -0.4 is 10.6 Å². The summed E-state index contributed by atoms with van der Waals surface area (Å²) < 4.78 is 33.5. The Morgan fingerprint density at radius 2 is 1.31 bits per heavy atom. The fraction of sp³-hybridized carbons (Fsp3) is 0.114. The Hall–Kier alpha value is -7.17. The van der Waals surface area contributed by atoms with E-state index >= 15 is 8.78 Å². The average Bonchev–Trinajstić information content (AvgIpc) is 3.83. The van der Waals surface area contributed by atoms with Gasteiger partial charge >= 0.3 is 11.9 Å². The van der Waals surface area contributed by atoms with Crippen LogP contribution in [0.15, 0.2) is 85.6 Å². The van der Waals surface area contributed by atoms with Gasteiger partial charge in [0, 0.05) is 25.6 Å². The summed E-state index contributed by atoms with van der Waals surface area (Å²) in [5, 5.41) is 40.1. The number of carbonyl (C=O) groups excluding carboxylic acids is 2. The maximum Gasteiger partial charge on any atom is 0.337 e. The van der Waals surface area contributed by atoms with Crippen molar-refractivity contribution in [3.8, 4) is 17.2 Å². The molecule has 2 aromatic carbocycles. The summed E-state index contributed by atoms with van der Waals surface area (Å²) >= 11 is 0. The fourth-order valence-electron chi connectivity index (χ4n) is 5.32. The number of hydrogen-bond acceptors (Lipinski definition) is 9. The van der Waals surface area contributed by atoms with Crippen LogP contribution >= 0.6 is 0 Å². The molecule has 6 rings (SSSR count). The molecule has 0 aliphatic carbocycles. The summed E-state index contributed by atoms with van der Waals surface area (Å²) in [5.41, 5.74) is -0.317. The molecular formula is C35H27F2N9O6. The number of hydrogen-bond donors (Lipinski definition) is 4. The molecule has 4 N–H and O–H groups in total. The highest BCUT2D eigenvalue weighted by atomic mass is 19.1. The largest absolute Gasteiger partial charge is 0.478 e. The molecule has 0 aliphatic heterocycles. The lowest BCUT2D eigenvalue weighted by molar-refractivity contribution is 0.0686. The van der Waals surface area contributed by atoms with Crippen LogP contribution in [0.3, 0.4) is 0 Å². The van der Waals surface area contributed by atoms with Crippen molar-refractivity contribution in [2.45, 2.75) is 19.3 Å². The van der Waals surface area contributed by atoms with Crippen LogP contribution in [0, 0.1) is 11.6 Å². The van der Waals surface area contributed by atoms with Crippen molar-refractivity contribution in [3.05, 3.63) is 131 Å². The van der Waals surface area contributed by atoms with Crippen LogP contribution in [0.2, 0.25) is 0 Å². The molecule has 15 nitrogen and oxygen atoms in total. The number of carboxylic acids is 2. The molecule has 0 bridgehead atoms. The zero-order valence-electron chi connectivity index (χ0n) is 27.1. The van der Waals surface area contributed by atoms with Crippen molar-refractivity contribution in [2.24, 2.45) is 7.05 Å². The highest BCUT2D eigenvalue weighted by molar-refractivity contribution is 6.07. The summed E-state index contributed by atoms with van der Waals surface area (Å²) in [5.74, 6) is -5.89. The van der Waals surface area contributed by atoms with Gasteiger partial charge in [0.15, 0.2) is 17.2 Å². The standard InChI is InChI=1S/C35H27F2N9O6/c1-45-12-3-6-30(45)25-7-8-26(42-41-25)32(47)39-28-14-19(23(36)16-21(28)34(49)50)4-2-5-20-15-29(22(35(51)52)17-24(20)37)40-33(48)27-9-10-31(44-43-27)46-13-11-38-18-46/h3,6-18H,2,4-5H2,1H3,(H,39,47)(H,40,48)(H,49,50)(H,51,52). The highest BCUT2D eigenvalue weighted by Gasteiger charge is 2.21. The van der Waals surface area contributed by atoms with Crippen molar-refractivity contribution >= 4 is 35.1 Å². The maximum absolute atomic E-state index is 15.1. The Kier molecular flexibility index (Phi) is 9.84. The monoisotopic (exact) mass is 707 g/mol. The third kappa shape index (κ3) is 7.52. The van der Waals surface area contributed by atoms with E-state index in [-0.39, 0.29) is 53.2 Å². The lowest BCUT2D eigenvalue weighted by Crippen LogP contribution is -2.18. The summed E-state index contributed by atoms with van der Waals surface area (Å²) in [6, 6.07) is 13.4. The van der Waals surface area contributed by atoms with Gasteiger partial charge in [-0.05, 0) is 91.1 Å². The Morgan fingerprint density at radius 1 is 0.731 bits per heavy atom. The minimum atomic E-state index is -1.49. The number of amides is 2. The number of aromatic carboxylic acids is 2. The molecule has 0 saturated heterocycles. The van der Waals surface area contributed by atoms with Crippen LogP contribution in [0.1, 0.15) is 59.2 Å². The second kappa shape index (κ2) is 14.8. The first kappa shape index (κ1) is 34.7. The van der Waals surface area contributed by atoms with E-state index in [1.165, 1.54) is 42.9 Å². The van der Waals surface area contributed by atoms with E-state index in [0.29, 0.717) is 11.5 Å². The van der Waals surface area contributed by atoms with Gasteiger partial charge in [-0.3, -0.25) is 14.2 Å². The third-order valence-electron chi connectivity index (χ3n) is 7.98. The summed E-state index contributed by atoms with van der Waals surface area (Å²) in [6.07, 6.45) is 6.53. The Morgan fingerprint density at radius 3 is 1.75 bits per heavy atom. The normalized spacial score (nSPS) is 10.9. The van der Waals surface area contributed by atoms with E-state index in [2.05, 4.69) is 36.0 Å². The number of imidazole rings is 1. The molecule has 0 aliphatic rings. The number of halogens is 2.